The van der Waals surface area contributed by atoms with Crippen molar-refractivity contribution in [3.63, 3.8) is 0 Å². The normalized spacial score (nSPS) is 24.3. The van der Waals surface area contributed by atoms with E-state index in [-0.39, 0.29) is 11.3 Å². The Bertz CT molecular complexity index is 599. The molecule has 2 aliphatic rings. The third-order valence-electron chi connectivity index (χ3n) is 4.85. The summed E-state index contributed by atoms with van der Waals surface area (Å²) in [5.41, 5.74) is 4.54. The molecule has 2 amide bonds. The van der Waals surface area contributed by atoms with Crippen LogP contribution in [0.5, 0.6) is 0 Å². The van der Waals surface area contributed by atoms with Crippen LogP contribution in [-0.2, 0) is 17.6 Å². The Morgan fingerprint density at radius 1 is 1.38 bits per heavy atom. The predicted molar refractivity (Wildman–Crippen MR) is 77.0 cm³/mol. The van der Waals surface area contributed by atoms with Crippen LogP contribution in [0, 0.1) is 5.41 Å². The van der Waals surface area contributed by atoms with Crippen molar-refractivity contribution < 1.29 is 14.8 Å². The van der Waals surface area contributed by atoms with Gasteiger partial charge in [0, 0.05) is 30.5 Å². The third kappa shape index (κ3) is 2.42. The molecular formula is C16H20N2O3. The molecule has 0 bridgehead atoms. The van der Waals surface area contributed by atoms with Gasteiger partial charge in [-0.05, 0) is 49.4 Å². The number of benzene rings is 1. The highest BCUT2D eigenvalue weighted by atomic mass is 16.5. The molecule has 1 heterocycles. The lowest BCUT2D eigenvalue weighted by atomic mass is 9.70. The molecule has 0 unspecified atom stereocenters. The number of hydroxylamine groups is 1. The molecule has 3 rings (SSSR count). The summed E-state index contributed by atoms with van der Waals surface area (Å²) < 4.78 is 0. The van der Waals surface area contributed by atoms with Crippen LogP contribution in [0.4, 0.5) is 0 Å². The summed E-state index contributed by atoms with van der Waals surface area (Å²) in [4.78, 5) is 25.5. The molecule has 1 aliphatic heterocycles. The van der Waals surface area contributed by atoms with Gasteiger partial charge in [-0.25, -0.2) is 5.48 Å². The van der Waals surface area contributed by atoms with Gasteiger partial charge in [-0.3, -0.25) is 14.8 Å². The monoisotopic (exact) mass is 288 g/mol. The van der Waals surface area contributed by atoms with Gasteiger partial charge in [0.15, 0.2) is 0 Å². The summed E-state index contributed by atoms with van der Waals surface area (Å²) >= 11 is 0. The first-order valence-corrected chi connectivity index (χ1v) is 7.41. The Labute approximate surface area is 123 Å². The van der Waals surface area contributed by atoms with Crippen molar-refractivity contribution in [2.45, 2.75) is 32.6 Å². The summed E-state index contributed by atoms with van der Waals surface area (Å²) in [6, 6.07) is 5.54. The number of nitrogens with one attached hydrogen (secondary N) is 1. The topological polar surface area (TPSA) is 69.6 Å². The van der Waals surface area contributed by atoms with Gasteiger partial charge in [0.25, 0.3) is 5.91 Å². The van der Waals surface area contributed by atoms with Crippen molar-refractivity contribution in [3.05, 3.63) is 34.9 Å². The zero-order valence-corrected chi connectivity index (χ0v) is 12.2. The van der Waals surface area contributed by atoms with E-state index in [9.17, 15) is 9.59 Å². The number of carbonyl (C=O) groups is 2. The minimum absolute atomic E-state index is 0.0222. The summed E-state index contributed by atoms with van der Waals surface area (Å²) in [5.74, 6) is -0.250. The van der Waals surface area contributed by atoms with Crippen LogP contribution < -0.4 is 5.48 Å². The number of rotatable bonds is 2. The lowest BCUT2D eigenvalue weighted by Crippen LogP contribution is -2.33. The number of hydrogen-bond acceptors (Lipinski definition) is 3. The summed E-state index contributed by atoms with van der Waals surface area (Å²) in [6.07, 6.45) is 3.41. The van der Waals surface area contributed by atoms with Gasteiger partial charge in [-0.2, -0.15) is 0 Å². The Balaban J connectivity index is 1.88. The second-order valence-electron chi connectivity index (χ2n) is 6.19. The predicted octanol–water partition coefficient (Wildman–Crippen LogP) is 1.53. The standard InChI is InChI=1S/C16H20N2O3/c1-2-18-10-16(9-14(18)19)6-5-11-3-4-12(15(20)17-21)7-13(11)8-16/h3-4,7,21H,2,5-6,8-10H2,1H3,(H,17,20)/t16-/m1/s1. The molecule has 1 atom stereocenters. The molecule has 112 valence electrons. The van der Waals surface area contributed by atoms with Gasteiger partial charge in [-0.15, -0.1) is 0 Å². The molecule has 1 saturated heterocycles. The van der Waals surface area contributed by atoms with Gasteiger partial charge in [0.05, 0.1) is 0 Å². The van der Waals surface area contributed by atoms with E-state index >= 15 is 0 Å². The van der Waals surface area contributed by atoms with Crippen LogP contribution in [0.3, 0.4) is 0 Å². The Morgan fingerprint density at radius 3 is 2.86 bits per heavy atom. The van der Waals surface area contributed by atoms with Crippen molar-refractivity contribution in [2.75, 3.05) is 13.1 Å². The van der Waals surface area contributed by atoms with Gasteiger partial charge in [-0.1, -0.05) is 6.07 Å². The first kappa shape index (κ1) is 14.1. The van der Waals surface area contributed by atoms with Gasteiger partial charge < -0.3 is 4.90 Å². The largest absolute Gasteiger partial charge is 0.342 e. The van der Waals surface area contributed by atoms with E-state index in [0.29, 0.717) is 12.0 Å². The van der Waals surface area contributed by atoms with Gasteiger partial charge in [0.2, 0.25) is 5.91 Å². The fraction of sp³-hybridized carbons (Fsp3) is 0.500. The molecule has 21 heavy (non-hydrogen) atoms. The fourth-order valence-electron chi connectivity index (χ4n) is 3.69. The van der Waals surface area contributed by atoms with Crippen molar-refractivity contribution in [3.8, 4) is 0 Å². The highest BCUT2D eigenvalue weighted by molar-refractivity contribution is 5.93. The molecule has 0 saturated carbocycles. The molecule has 1 aliphatic carbocycles. The van der Waals surface area contributed by atoms with Crippen LogP contribution in [-0.4, -0.2) is 35.0 Å². The minimum Gasteiger partial charge on any atom is -0.342 e. The molecule has 1 fully saturated rings. The van der Waals surface area contributed by atoms with Gasteiger partial charge >= 0.3 is 0 Å². The molecule has 2 N–H and O–H groups in total. The van der Waals surface area contributed by atoms with E-state index in [0.717, 1.165) is 37.9 Å². The Kier molecular flexibility index (Phi) is 3.45. The average molecular weight is 288 g/mol. The first-order valence-electron chi connectivity index (χ1n) is 7.41. The number of amides is 2. The lowest BCUT2D eigenvalue weighted by molar-refractivity contribution is -0.127. The van der Waals surface area contributed by atoms with Crippen molar-refractivity contribution in [1.29, 1.82) is 0 Å². The maximum atomic E-state index is 12.0. The highest BCUT2D eigenvalue weighted by Crippen LogP contribution is 2.43. The molecule has 5 nitrogen and oxygen atoms in total. The number of fused-ring (bicyclic) bond motifs is 1. The number of nitrogens with zero attached hydrogens (tertiary/aromatic N) is 1. The van der Waals surface area contributed by atoms with E-state index in [1.807, 2.05) is 24.0 Å². The summed E-state index contributed by atoms with van der Waals surface area (Å²) in [7, 11) is 0. The Morgan fingerprint density at radius 2 is 2.19 bits per heavy atom. The van der Waals surface area contributed by atoms with Crippen molar-refractivity contribution >= 4 is 11.8 Å². The Hall–Kier alpha value is -1.88. The van der Waals surface area contributed by atoms with Crippen molar-refractivity contribution in [2.24, 2.45) is 5.41 Å². The molecule has 1 spiro atoms. The molecular weight excluding hydrogens is 268 g/mol. The zero-order valence-electron chi connectivity index (χ0n) is 12.2. The second-order valence-corrected chi connectivity index (χ2v) is 6.19. The molecule has 5 heteroatoms. The van der Waals surface area contributed by atoms with E-state index in [2.05, 4.69) is 0 Å². The van der Waals surface area contributed by atoms with Crippen LogP contribution >= 0.6 is 0 Å². The van der Waals surface area contributed by atoms with Crippen LogP contribution in [0.15, 0.2) is 18.2 Å². The lowest BCUT2D eigenvalue weighted by Gasteiger charge is -2.34. The van der Waals surface area contributed by atoms with Crippen LogP contribution in [0.25, 0.3) is 0 Å². The minimum atomic E-state index is -0.491. The molecule has 0 radical (unpaired) electrons. The van der Waals surface area contributed by atoms with Crippen LogP contribution in [0.1, 0.15) is 41.3 Å². The van der Waals surface area contributed by atoms with Gasteiger partial charge in [0.1, 0.15) is 0 Å². The van der Waals surface area contributed by atoms with Crippen LogP contribution in [0.2, 0.25) is 0 Å². The maximum absolute atomic E-state index is 12.0. The van der Waals surface area contributed by atoms with E-state index < -0.39 is 5.91 Å². The number of hydrogen-bond donors (Lipinski definition) is 2. The summed E-state index contributed by atoms with van der Waals surface area (Å²) in [5, 5.41) is 8.75. The fourth-order valence-corrected chi connectivity index (χ4v) is 3.69. The number of likely N-dealkylation sites (tertiary alicyclic amines) is 1. The maximum Gasteiger partial charge on any atom is 0.274 e. The number of carbonyl (C=O) groups excluding carboxylic acids is 2. The number of aryl methyl sites for hydroxylation is 1. The third-order valence-corrected chi connectivity index (χ3v) is 4.85. The summed E-state index contributed by atoms with van der Waals surface area (Å²) in [6.45, 7) is 3.59. The zero-order chi connectivity index (χ0) is 15.0. The second kappa shape index (κ2) is 5.15. The van der Waals surface area contributed by atoms with E-state index in [1.54, 1.807) is 11.5 Å². The van der Waals surface area contributed by atoms with E-state index in [4.69, 9.17) is 5.21 Å². The SMILES string of the molecule is CCN1C[C@@]2(CCc3ccc(C(=O)NO)cc3C2)CC1=O. The average Bonchev–Trinajstić information content (AvgIpc) is 2.81. The molecule has 1 aromatic carbocycles. The molecule has 1 aromatic rings. The van der Waals surface area contributed by atoms with E-state index in [1.165, 1.54) is 5.56 Å². The first-order chi connectivity index (χ1) is 10.1. The smallest absolute Gasteiger partial charge is 0.274 e. The van der Waals surface area contributed by atoms with Crippen molar-refractivity contribution in [1.82, 2.24) is 10.4 Å². The molecule has 0 aromatic heterocycles. The quantitative estimate of drug-likeness (QED) is 0.640. The highest BCUT2D eigenvalue weighted by Gasteiger charge is 2.44.